The van der Waals surface area contributed by atoms with Crippen LogP contribution in [0.15, 0.2) is 36.9 Å². The molecule has 0 radical (unpaired) electrons. The zero-order chi connectivity index (χ0) is 20.7. The minimum atomic E-state index is 0.366. The van der Waals surface area contributed by atoms with Crippen LogP contribution >= 0.6 is 0 Å². The van der Waals surface area contributed by atoms with Crippen molar-refractivity contribution in [1.29, 1.82) is 0 Å². The van der Waals surface area contributed by atoms with E-state index < -0.39 is 0 Å². The van der Waals surface area contributed by atoms with Crippen LogP contribution in [0, 0.1) is 12.8 Å². The van der Waals surface area contributed by atoms with E-state index in [4.69, 9.17) is 14.5 Å². The Morgan fingerprint density at radius 2 is 2.13 bits per heavy atom. The summed E-state index contributed by atoms with van der Waals surface area (Å²) in [7, 11) is 3.75. The second-order valence-corrected chi connectivity index (χ2v) is 8.07. The normalized spacial score (nSPS) is 18.0. The minimum absolute atomic E-state index is 0.366. The van der Waals surface area contributed by atoms with Crippen molar-refractivity contribution in [2.45, 2.75) is 32.2 Å². The molecule has 30 heavy (non-hydrogen) atoms. The summed E-state index contributed by atoms with van der Waals surface area (Å²) in [5, 5.41) is 3.29. The van der Waals surface area contributed by atoms with Crippen molar-refractivity contribution >= 4 is 17.5 Å². The number of benzene rings is 1. The molecule has 8 heteroatoms. The van der Waals surface area contributed by atoms with Gasteiger partial charge in [0.25, 0.3) is 0 Å². The number of ether oxygens (including phenoxy) is 2. The highest BCUT2D eigenvalue weighted by molar-refractivity contribution is 5.64. The lowest BCUT2D eigenvalue weighted by molar-refractivity contribution is 0.252. The highest BCUT2D eigenvalue weighted by atomic mass is 16.5. The van der Waals surface area contributed by atoms with E-state index in [1.165, 1.54) is 12.8 Å². The lowest BCUT2D eigenvalue weighted by Gasteiger charge is -2.34. The van der Waals surface area contributed by atoms with Crippen molar-refractivity contribution in [2.24, 2.45) is 5.92 Å². The number of aryl methyl sites for hydroxylation is 1. The van der Waals surface area contributed by atoms with Gasteiger partial charge in [-0.2, -0.15) is 4.98 Å². The monoisotopic (exact) mass is 406 g/mol. The molecule has 1 atom stereocenters. The third-order valence-corrected chi connectivity index (χ3v) is 5.78. The minimum Gasteiger partial charge on any atom is -0.494 e. The second kappa shape index (κ2) is 7.51. The molecule has 1 saturated carbocycles. The summed E-state index contributed by atoms with van der Waals surface area (Å²) in [5.41, 5.74) is 2.72. The number of methoxy groups -OCH3 is 1. The van der Waals surface area contributed by atoms with Gasteiger partial charge >= 0.3 is 0 Å². The Labute approximate surface area is 175 Å². The van der Waals surface area contributed by atoms with Crippen LogP contribution in [0.1, 0.15) is 25.0 Å². The first-order valence-electron chi connectivity index (χ1n) is 10.3. The topological polar surface area (TPSA) is 77.3 Å². The van der Waals surface area contributed by atoms with Crippen molar-refractivity contribution in [3.05, 3.63) is 42.6 Å². The quantitative estimate of drug-likeness (QED) is 0.668. The van der Waals surface area contributed by atoms with Crippen LogP contribution in [-0.4, -0.2) is 46.3 Å². The van der Waals surface area contributed by atoms with Gasteiger partial charge in [0.15, 0.2) is 11.6 Å². The van der Waals surface area contributed by atoms with Crippen molar-refractivity contribution in [1.82, 2.24) is 19.5 Å². The fraction of sp³-hybridized carbons (Fsp3) is 0.409. The number of rotatable bonds is 6. The Kier molecular flexibility index (Phi) is 4.69. The third kappa shape index (κ3) is 3.65. The van der Waals surface area contributed by atoms with Gasteiger partial charge in [-0.15, -0.1) is 0 Å². The van der Waals surface area contributed by atoms with Crippen LogP contribution in [0.2, 0.25) is 0 Å². The molecule has 0 bridgehead atoms. The molecule has 2 aromatic heterocycles. The van der Waals surface area contributed by atoms with Crippen molar-refractivity contribution in [3.8, 4) is 17.2 Å². The predicted molar refractivity (Wildman–Crippen MR) is 115 cm³/mol. The zero-order valence-electron chi connectivity index (χ0n) is 17.5. The summed E-state index contributed by atoms with van der Waals surface area (Å²) in [6.45, 7) is 2.66. The fourth-order valence-electron chi connectivity index (χ4n) is 3.86. The third-order valence-electron chi connectivity index (χ3n) is 5.78. The molecule has 1 aliphatic carbocycles. The molecular weight excluding hydrogens is 380 g/mol. The number of likely N-dealkylation sites (N-methyl/N-ethyl adjacent to an activating group) is 1. The largest absolute Gasteiger partial charge is 0.494 e. The first-order chi connectivity index (χ1) is 14.6. The maximum Gasteiger partial charge on any atom is 0.229 e. The van der Waals surface area contributed by atoms with E-state index in [9.17, 15) is 0 Å². The van der Waals surface area contributed by atoms with E-state index in [1.807, 2.05) is 35.9 Å². The SMILES string of the molecule is COc1cc(Nc2ncc3c(n2)N(C)C(CC2CC2)CO3)ccc1-n1cnc(C)c1. The number of nitrogens with one attached hydrogen (secondary N) is 1. The molecule has 3 heterocycles. The molecule has 156 valence electrons. The zero-order valence-corrected chi connectivity index (χ0v) is 17.5. The Hall–Kier alpha value is -3.29. The molecular formula is C22H26N6O2. The van der Waals surface area contributed by atoms with Crippen LogP contribution in [-0.2, 0) is 0 Å². The number of nitrogens with zero attached hydrogens (tertiary/aromatic N) is 5. The van der Waals surface area contributed by atoms with Crippen LogP contribution in [0.5, 0.6) is 11.5 Å². The summed E-state index contributed by atoms with van der Waals surface area (Å²) in [6.07, 6.45) is 9.32. The van der Waals surface area contributed by atoms with Crippen molar-refractivity contribution < 1.29 is 9.47 Å². The molecule has 1 fully saturated rings. The van der Waals surface area contributed by atoms with Gasteiger partial charge in [-0.1, -0.05) is 12.8 Å². The van der Waals surface area contributed by atoms with Gasteiger partial charge < -0.3 is 24.3 Å². The lowest BCUT2D eigenvalue weighted by atomic mass is 10.1. The first-order valence-corrected chi connectivity index (χ1v) is 10.3. The summed E-state index contributed by atoms with van der Waals surface area (Å²) in [5.74, 6) is 3.68. The maximum atomic E-state index is 5.92. The van der Waals surface area contributed by atoms with Crippen molar-refractivity contribution in [2.75, 3.05) is 31.0 Å². The molecule has 3 aromatic rings. The summed E-state index contributed by atoms with van der Waals surface area (Å²) in [6, 6.07) is 6.27. The van der Waals surface area contributed by atoms with Crippen LogP contribution in [0.25, 0.3) is 5.69 Å². The van der Waals surface area contributed by atoms with E-state index in [0.29, 0.717) is 18.6 Å². The molecule has 8 nitrogen and oxygen atoms in total. The predicted octanol–water partition coefficient (Wildman–Crippen LogP) is 3.72. The molecule has 0 amide bonds. The van der Waals surface area contributed by atoms with Gasteiger partial charge in [0, 0.05) is 25.0 Å². The number of fused-ring (bicyclic) bond motifs is 1. The van der Waals surface area contributed by atoms with Crippen LogP contribution < -0.4 is 19.7 Å². The highest BCUT2D eigenvalue weighted by Gasteiger charge is 2.32. The van der Waals surface area contributed by atoms with Gasteiger partial charge in [0.1, 0.15) is 12.4 Å². The molecule has 5 rings (SSSR count). The molecule has 1 aliphatic heterocycles. The Balaban J connectivity index is 1.37. The number of hydrogen-bond donors (Lipinski definition) is 1. The number of hydrogen-bond acceptors (Lipinski definition) is 7. The van der Waals surface area contributed by atoms with Gasteiger partial charge in [-0.3, -0.25) is 0 Å². The van der Waals surface area contributed by atoms with E-state index >= 15 is 0 Å². The molecule has 0 saturated heterocycles. The smallest absolute Gasteiger partial charge is 0.229 e. The van der Waals surface area contributed by atoms with Gasteiger partial charge in [0.2, 0.25) is 5.95 Å². The summed E-state index contributed by atoms with van der Waals surface area (Å²) >= 11 is 0. The Morgan fingerprint density at radius 3 is 2.87 bits per heavy atom. The van der Waals surface area contributed by atoms with Crippen LogP contribution in [0.3, 0.4) is 0 Å². The second-order valence-electron chi connectivity index (χ2n) is 8.07. The Bertz CT molecular complexity index is 1060. The maximum absolute atomic E-state index is 5.92. The van der Waals surface area contributed by atoms with Gasteiger partial charge in [-0.05, 0) is 31.4 Å². The standard InChI is InChI=1S/C22H26N6O2/c1-14-11-28(13-24-14)18-7-6-16(9-19(18)29-3)25-22-23-10-20-21(26-22)27(2)17(12-30-20)8-15-4-5-15/h6-7,9-11,13,15,17H,4-5,8,12H2,1-3H3,(H,23,25,26). The van der Waals surface area contributed by atoms with Crippen molar-refractivity contribution in [3.63, 3.8) is 0 Å². The average Bonchev–Trinajstić information content (AvgIpc) is 3.48. The lowest BCUT2D eigenvalue weighted by Crippen LogP contribution is -2.41. The highest BCUT2D eigenvalue weighted by Crippen LogP contribution is 2.39. The number of imidazole rings is 1. The van der Waals surface area contributed by atoms with E-state index in [-0.39, 0.29) is 0 Å². The molecule has 1 unspecified atom stereocenters. The molecule has 2 aliphatic rings. The van der Waals surface area contributed by atoms with E-state index in [0.717, 1.165) is 46.7 Å². The average molecular weight is 406 g/mol. The van der Waals surface area contributed by atoms with E-state index in [1.54, 1.807) is 19.6 Å². The molecule has 0 spiro atoms. The van der Waals surface area contributed by atoms with E-state index in [2.05, 4.69) is 27.2 Å². The Morgan fingerprint density at radius 1 is 1.27 bits per heavy atom. The fourth-order valence-corrected chi connectivity index (χ4v) is 3.86. The molecule has 1 aromatic carbocycles. The van der Waals surface area contributed by atoms with Crippen LogP contribution in [0.4, 0.5) is 17.5 Å². The van der Waals surface area contributed by atoms with Gasteiger partial charge in [-0.25, -0.2) is 9.97 Å². The summed E-state index contributed by atoms with van der Waals surface area (Å²) < 4.78 is 13.5. The van der Waals surface area contributed by atoms with Gasteiger partial charge in [0.05, 0.1) is 37.1 Å². The molecule has 1 N–H and O–H groups in total. The summed E-state index contributed by atoms with van der Waals surface area (Å²) in [4.78, 5) is 15.7. The number of aromatic nitrogens is 4. The number of anilines is 3. The first kappa shape index (κ1) is 18.7.